The lowest BCUT2D eigenvalue weighted by Gasteiger charge is -2.15. The lowest BCUT2D eigenvalue weighted by molar-refractivity contribution is 0.0999. The van der Waals surface area contributed by atoms with Gasteiger partial charge in [-0.3, -0.25) is 9.89 Å². The van der Waals surface area contributed by atoms with Gasteiger partial charge in [0.25, 0.3) is 0 Å². The van der Waals surface area contributed by atoms with Gasteiger partial charge in [0, 0.05) is 22.2 Å². The van der Waals surface area contributed by atoms with E-state index in [0.29, 0.717) is 22.3 Å². The Bertz CT molecular complexity index is 986. The summed E-state index contributed by atoms with van der Waals surface area (Å²) in [6.07, 6.45) is 1.83. The number of benzene rings is 2. The predicted molar refractivity (Wildman–Crippen MR) is 91.5 cm³/mol. The standard InChI is InChI=1S/C19H18FN3O/c1-9-13(12-5-6-16-14(7-12)10(2)22-23-16)8-15(19(21)24)17(18(9)20)11-3-4-11/h5-8,11H,3-4H2,1-2H3,(H2,21,24)(H,22,23). The van der Waals surface area contributed by atoms with E-state index in [9.17, 15) is 9.18 Å². The zero-order valence-electron chi connectivity index (χ0n) is 13.6. The Balaban J connectivity index is 1.96. The Morgan fingerprint density at radius 1 is 1.29 bits per heavy atom. The minimum Gasteiger partial charge on any atom is -0.366 e. The molecule has 0 bridgehead atoms. The van der Waals surface area contributed by atoms with Crippen LogP contribution in [0.4, 0.5) is 4.39 Å². The summed E-state index contributed by atoms with van der Waals surface area (Å²) in [5.41, 5.74) is 10.2. The van der Waals surface area contributed by atoms with Gasteiger partial charge in [0.2, 0.25) is 5.91 Å². The van der Waals surface area contributed by atoms with E-state index < -0.39 is 5.91 Å². The molecule has 4 rings (SSSR count). The van der Waals surface area contributed by atoms with E-state index in [1.807, 2.05) is 25.1 Å². The molecule has 0 spiro atoms. The molecule has 2 aromatic carbocycles. The Morgan fingerprint density at radius 3 is 2.71 bits per heavy atom. The van der Waals surface area contributed by atoms with E-state index in [1.54, 1.807) is 13.0 Å². The fourth-order valence-electron chi connectivity index (χ4n) is 3.35. The number of primary amides is 1. The first-order valence-electron chi connectivity index (χ1n) is 8.05. The molecule has 3 aromatic rings. The third-order valence-electron chi connectivity index (χ3n) is 4.86. The van der Waals surface area contributed by atoms with Crippen LogP contribution in [0.25, 0.3) is 22.0 Å². The number of carbonyl (C=O) groups excluding carboxylic acids is 1. The van der Waals surface area contributed by atoms with Gasteiger partial charge >= 0.3 is 0 Å². The van der Waals surface area contributed by atoms with E-state index in [2.05, 4.69) is 10.2 Å². The Hall–Kier alpha value is -2.69. The summed E-state index contributed by atoms with van der Waals surface area (Å²) in [5.74, 6) is -0.746. The van der Waals surface area contributed by atoms with Crippen molar-refractivity contribution in [3.05, 3.63) is 52.5 Å². The summed E-state index contributed by atoms with van der Waals surface area (Å²) in [6.45, 7) is 3.70. The number of halogens is 1. The Morgan fingerprint density at radius 2 is 2.04 bits per heavy atom. The second kappa shape index (κ2) is 5.16. The molecule has 1 saturated carbocycles. The number of hydrogen-bond acceptors (Lipinski definition) is 2. The average molecular weight is 323 g/mol. The Labute approximate surface area is 138 Å². The van der Waals surface area contributed by atoms with Crippen LogP contribution in [-0.4, -0.2) is 16.1 Å². The monoisotopic (exact) mass is 323 g/mol. The van der Waals surface area contributed by atoms with Crippen LogP contribution in [0.15, 0.2) is 24.3 Å². The van der Waals surface area contributed by atoms with Gasteiger partial charge in [0.05, 0.1) is 5.52 Å². The largest absolute Gasteiger partial charge is 0.366 e. The fourth-order valence-corrected chi connectivity index (χ4v) is 3.35. The molecular formula is C19H18FN3O. The number of nitrogens with two attached hydrogens (primary N) is 1. The molecular weight excluding hydrogens is 305 g/mol. The van der Waals surface area contributed by atoms with Crippen molar-refractivity contribution in [1.82, 2.24) is 10.2 Å². The normalized spacial score (nSPS) is 14.3. The number of amides is 1. The number of H-pyrrole nitrogens is 1. The highest BCUT2D eigenvalue weighted by Gasteiger charge is 2.32. The number of fused-ring (bicyclic) bond motifs is 1. The molecule has 1 aromatic heterocycles. The smallest absolute Gasteiger partial charge is 0.249 e. The first-order valence-corrected chi connectivity index (χ1v) is 8.05. The first kappa shape index (κ1) is 14.9. The van der Waals surface area contributed by atoms with E-state index >= 15 is 0 Å². The van der Waals surface area contributed by atoms with Crippen molar-refractivity contribution in [2.24, 2.45) is 5.73 Å². The molecule has 0 unspecified atom stereocenters. The summed E-state index contributed by atoms with van der Waals surface area (Å²) in [5, 5.41) is 8.14. The highest BCUT2D eigenvalue weighted by atomic mass is 19.1. The van der Waals surface area contributed by atoms with E-state index in [4.69, 9.17) is 5.73 Å². The van der Waals surface area contributed by atoms with Crippen LogP contribution in [0.2, 0.25) is 0 Å². The van der Waals surface area contributed by atoms with Gasteiger partial charge < -0.3 is 5.73 Å². The third kappa shape index (κ3) is 2.19. The summed E-state index contributed by atoms with van der Waals surface area (Å²) >= 11 is 0. The molecule has 24 heavy (non-hydrogen) atoms. The zero-order valence-corrected chi connectivity index (χ0v) is 13.6. The number of nitrogens with one attached hydrogen (secondary N) is 1. The van der Waals surface area contributed by atoms with Crippen LogP contribution in [0, 0.1) is 19.7 Å². The summed E-state index contributed by atoms with van der Waals surface area (Å²) < 4.78 is 15.0. The summed E-state index contributed by atoms with van der Waals surface area (Å²) in [4.78, 5) is 11.9. The maximum absolute atomic E-state index is 15.0. The minimum absolute atomic E-state index is 0.124. The van der Waals surface area contributed by atoms with Crippen molar-refractivity contribution in [1.29, 1.82) is 0 Å². The van der Waals surface area contributed by atoms with Gasteiger partial charge in [-0.15, -0.1) is 0 Å². The highest BCUT2D eigenvalue weighted by Crippen LogP contribution is 2.45. The zero-order chi connectivity index (χ0) is 17.0. The molecule has 1 aliphatic rings. The number of nitrogens with zero attached hydrogens (tertiary/aromatic N) is 1. The van der Waals surface area contributed by atoms with Crippen molar-refractivity contribution >= 4 is 16.8 Å². The number of aromatic amines is 1. The maximum atomic E-state index is 15.0. The van der Waals surface area contributed by atoms with Gasteiger partial charge in [0.15, 0.2) is 0 Å². The van der Waals surface area contributed by atoms with Gasteiger partial charge in [0.1, 0.15) is 5.82 Å². The lowest BCUT2D eigenvalue weighted by Crippen LogP contribution is -2.15. The van der Waals surface area contributed by atoms with Gasteiger partial charge in [-0.1, -0.05) is 6.07 Å². The maximum Gasteiger partial charge on any atom is 0.249 e. The van der Waals surface area contributed by atoms with Crippen molar-refractivity contribution in [2.45, 2.75) is 32.6 Å². The quantitative estimate of drug-likeness (QED) is 0.765. The van der Waals surface area contributed by atoms with Crippen LogP contribution in [-0.2, 0) is 0 Å². The second-order valence-corrected chi connectivity index (χ2v) is 6.54. The van der Waals surface area contributed by atoms with Crippen molar-refractivity contribution < 1.29 is 9.18 Å². The van der Waals surface area contributed by atoms with Crippen LogP contribution in [0.3, 0.4) is 0 Å². The molecule has 0 aliphatic heterocycles. The molecule has 1 heterocycles. The topological polar surface area (TPSA) is 71.8 Å². The predicted octanol–water partition coefficient (Wildman–Crippen LogP) is 3.96. The molecule has 1 fully saturated rings. The van der Waals surface area contributed by atoms with Gasteiger partial charge in [-0.05, 0) is 67.5 Å². The molecule has 5 heteroatoms. The first-order chi connectivity index (χ1) is 11.5. The SMILES string of the molecule is Cc1c(-c2ccc3n[nH]c(C)c3c2)cc(C(N)=O)c(C2CC2)c1F. The number of aromatic nitrogens is 2. The van der Waals surface area contributed by atoms with E-state index in [1.165, 1.54) is 0 Å². The minimum atomic E-state index is -0.572. The number of carbonyl (C=O) groups is 1. The molecule has 1 aliphatic carbocycles. The second-order valence-electron chi connectivity index (χ2n) is 6.54. The number of hydrogen-bond donors (Lipinski definition) is 2. The van der Waals surface area contributed by atoms with E-state index in [0.717, 1.165) is 35.0 Å². The van der Waals surface area contributed by atoms with Crippen molar-refractivity contribution in [2.75, 3.05) is 0 Å². The third-order valence-corrected chi connectivity index (χ3v) is 4.86. The average Bonchev–Trinajstić information content (AvgIpc) is 3.33. The number of aryl methyl sites for hydroxylation is 1. The lowest BCUT2D eigenvalue weighted by atomic mass is 9.91. The molecule has 0 radical (unpaired) electrons. The van der Waals surface area contributed by atoms with Crippen LogP contribution in [0.1, 0.15) is 45.9 Å². The van der Waals surface area contributed by atoms with Crippen molar-refractivity contribution in [3.8, 4) is 11.1 Å². The molecule has 1 amide bonds. The molecule has 122 valence electrons. The molecule has 0 saturated heterocycles. The van der Waals surface area contributed by atoms with Gasteiger partial charge in [-0.2, -0.15) is 5.10 Å². The van der Waals surface area contributed by atoms with E-state index in [-0.39, 0.29) is 11.7 Å². The fraction of sp³-hybridized carbons (Fsp3) is 0.263. The molecule has 3 N–H and O–H groups in total. The van der Waals surface area contributed by atoms with Gasteiger partial charge in [-0.25, -0.2) is 4.39 Å². The van der Waals surface area contributed by atoms with Crippen LogP contribution in [0.5, 0.6) is 0 Å². The summed E-state index contributed by atoms with van der Waals surface area (Å²) in [6, 6.07) is 7.50. The Kier molecular flexibility index (Phi) is 3.20. The van der Waals surface area contributed by atoms with Crippen LogP contribution < -0.4 is 5.73 Å². The molecule has 4 nitrogen and oxygen atoms in total. The number of rotatable bonds is 3. The molecule has 0 atom stereocenters. The van der Waals surface area contributed by atoms with Crippen LogP contribution >= 0.6 is 0 Å². The van der Waals surface area contributed by atoms with Crippen molar-refractivity contribution in [3.63, 3.8) is 0 Å². The summed E-state index contributed by atoms with van der Waals surface area (Å²) in [7, 11) is 0. The highest BCUT2D eigenvalue weighted by molar-refractivity contribution is 5.97.